The first kappa shape index (κ1) is 10.6. The van der Waals surface area contributed by atoms with Crippen molar-refractivity contribution in [1.82, 2.24) is 0 Å². The van der Waals surface area contributed by atoms with E-state index in [0.29, 0.717) is 6.42 Å². The molecule has 1 aliphatic rings. The van der Waals surface area contributed by atoms with E-state index in [9.17, 15) is 4.79 Å². The maximum absolute atomic E-state index is 10.8. The SMILES string of the molecule is COC(Cc1cc2c(s1)CCC2)C(=O)O. The fourth-order valence-electron chi connectivity index (χ4n) is 1.95. The first-order valence-corrected chi connectivity index (χ1v) is 5.88. The zero-order valence-electron chi connectivity index (χ0n) is 8.66. The third-order valence-corrected chi connectivity index (χ3v) is 4.00. The topological polar surface area (TPSA) is 46.5 Å². The fraction of sp³-hybridized carbons (Fsp3) is 0.545. The Morgan fingerprint density at radius 3 is 3.07 bits per heavy atom. The monoisotopic (exact) mass is 226 g/mol. The molecule has 1 unspecified atom stereocenters. The molecule has 1 aromatic rings. The van der Waals surface area contributed by atoms with Gasteiger partial charge in [0.1, 0.15) is 0 Å². The third-order valence-electron chi connectivity index (χ3n) is 2.74. The number of carboxylic acids is 1. The quantitative estimate of drug-likeness (QED) is 0.852. The molecule has 0 aliphatic heterocycles. The van der Waals surface area contributed by atoms with Crippen LogP contribution in [0.25, 0.3) is 0 Å². The van der Waals surface area contributed by atoms with Gasteiger partial charge in [0, 0.05) is 23.3 Å². The summed E-state index contributed by atoms with van der Waals surface area (Å²) in [6.45, 7) is 0. The summed E-state index contributed by atoms with van der Waals surface area (Å²) in [6, 6.07) is 2.14. The summed E-state index contributed by atoms with van der Waals surface area (Å²) in [5.41, 5.74) is 1.41. The van der Waals surface area contributed by atoms with E-state index >= 15 is 0 Å². The molecule has 82 valence electrons. The number of aryl methyl sites for hydroxylation is 2. The second-order valence-electron chi connectivity index (χ2n) is 3.78. The maximum Gasteiger partial charge on any atom is 0.333 e. The molecule has 15 heavy (non-hydrogen) atoms. The van der Waals surface area contributed by atoms with Gasteiger partial charge in [-0.2, -0.15) is 0 Å². The number of carbonyl (C=O) groups is 1. The first-order chi connectivity index (χ1) is 7.20. The molecule has 0 amide bonds. The van der Waals surface area contributed by atoms with E-state index < -0.39 is 12.1 Å². The number of methoxy groups -OCH3 is 1. The van der Waals surface area contributed by atoms with Crippen LogP contribution < -0.4 is 0 Å². The molecule has 1 N–H and O–H groups in total. The summed E-state index contributed by atoms with van der Waals surface area (Å²) < 4.78 is 4.92. The standard InChI is InChI=1S/C11H14O3S/c1-14-9(11(12)13)6-8-5-7-3-2-4-10(7)15-8/h5,9H,2-4,6H2,1H3,(H,12,13). The normalized spacial score (nSPS) is 16.3. The number of carboxylic acid groups (broad SMARTS) is 1. The van der Waals surface area contributed by atoms with Crippen molar-refractivity contribution >= 4 is 17.3 Å². The van der Waals surface area contributed by atoms with Crippen LogP contribution in [-0.4, -0.2) is 24.3 Å². The number of fused-ring (bicyclic) bond motifs is 1. The minimum atomic E-state index is -0.883. The Labute approximate surface area is 92.7 Å². The molecule has 1 atom stereocenters. The summed E-state index contributed by atoms with van der Waals surface area (Å²) in [6.07, 6.45) is 3.34. The number of thiophene rings is 1. The van der Waals surface area contributed by atoms with Gasteiger partial charge < -0.3 is 9.84 Å². The van der Waals surface area contributed by atoms with Crippen LogP contribution in [0, 0.1) is 0 Å². The van der Waals surface area contributed by atoms with Crippen molar-refractivity contribution in [2.24, 2.45) is 0 Å². The third kappa shape index (κ3) is 2.21. The Kier molecular flexibility index (Phi) is 3.07. The molecular formula is C11H14O3S. The van der Waals surface area contributed by atoms with Gasteiger partial charge >= 0.3 is 5.97 Å². The average molecular weight is 226 g/mol. The lowest BCUT2D eigenvalue weighted by Gasteiger charge is -2.08. The van der Waals surface area contributed by atoms with E-state index in [1.54, 1.807) is 11.3 Å². The highest BCUT2D eigenvalue weighted by Gasteiger charge is 2.21. The van der Waals surface area contributed by atoms with Gasteiger partial charge in [0.05, 0.1) is 0 Å². The van der Waals surface area contributed by atoms with Crippen molar-refractivity contribution in [3.8, 4) is 0 Å². The number of hydrogen-bond donors (Lipinski definition) is 1. The number of rotatable bonds is 4. The maximum atomic E-state index is 10.8. The van der Waals surface area contributed by atoms with Crippen molar-refractivity contribution in [2.45, 2.75) is 31.8 Å². The molecule has 1 heterocycles. The highest BCUT2D eigenvalue weighted by Crippen LogP contribution is 2.31. The summed E-state index contributed by atoms with van der Waals surface area (Å²) in [5, 5.41) is 8.86. The van der Waals surface area contributed by atoms with Gasteiger partial charge in [-0.15, -0.1) is 11.3 Å². The molecular weight excluding hydrogens is 212 g/mol. The van der Waals surface area contributed by atoms with E-state index in [2.05, 4.69) is 6.07 Å². The molecule has 2 rings (SSSR count). The van der Waals surface area contributed by atoms with Crippen LogP contribution in [0.4, 0.5) is 0 Å². The van der Waals surface area contributed by atoms with Crippen molar-refractivity contribution in [3.05, 3.63) is 21.4 Å². The van der Waals surface area contributed by atoms with Gasteiger partial charge in [-0.05, 0) is 30.9 Å². The molecule has 0 bridgehead atoms. The fourth-order valence-corrected chi connectivity index (χ4v) is 3.24. The number of ether oxygens (including phenoxy) is 1. The van der Waals surface area contributed by atoms with Crippen molar-refractivity contribution in [2.75, 3.05) is 7.11 Å². The van der Waals surface area contributed by atoms with E-state index in [-0.39, 0.29) is 0 Å². The molecule has 3 nitrogen and oxygen atoms in total. The summed E-state index contributed by atoms with van der Waals surface area (Å²) in [4.78, 5) is 13.4. The molecule has 0 aromatic carbocycles. The molecule has 0 saturated heterocycles. The molecule has 4 heteroatoms. The van der Waals surface area contributed by atoms with Crippen LogP contribution in [0.2, 0.25) is 0 Å². The van der Waals surface area contributed by atoms with E-state index in [0.717, 1.165) is 17.7 Å². The highest BCUT2D eigenvalue weighted by atomic mass is 32.1. The van der Waals surface area contributed by atoms with Crippen LogP contribution in [0.5, 0.6) is 0 Å². The Balaban J connectivity index is 2.07. The van der Waals surface area contributed by atoms with Gasteiger partial charge in [-0.3, -0.25) is 0 Å². The van der Waals surface area contributed by atoms with Crippen LogP contribution >= 0.6 is 11.3 Å². The largest absolute Gasteiger partial charge is 0.479 e. The van der Waals surface area contributed by atoms with Crippen LogP contribution in [0.3, 0.4) is 0 Å². The van der Waals surface area contributed by atoms with Gasteiger partial charge in [0.15, 0.2) is 6.10 Å². The molecule has 0 spiro atoms. The lowest BCUT2D eigenvalue weighted by molar-refractivity contribution is -0.148. The number of hydrogen-bond acceptors (Lipinski definition) is 3. The van der Waals surface area contributed by atoms with Gasteiger partial charge in [0.2, 0.25) is 0 Å². The summed E-state index contributed by atoms with van der Waals surface area (Å²) in [5.74, 6) is -0.883. The second kappa shape index (κ2) is 4.33. The first-order valence-electron chi connectivity index (χ1n) is 5.06. The van der Waals surface area contributed by atoms with Gasteiger partial charge in [-0.25, -0.2) is 4.79 Å². The Hall–Kier alpha value is -0.870. The van der Waals surface area contributed by atoms with Crippen LogP contribution in [0.15, 0.2) is 6.07 Å². The van der Waals surface area contributed by atoms with Crippen molar-refractivity contribution < 1.29 is 14.6 Å². The number of aliphatic carboxylic acids is 1. The molecule has 1 aliphatic carbocycles. The lowest BCUT2D eigenvalue weighted by Crippen LogP contribution is -2.24. The lowest BCUT2D eigenvalue weighted by atomic mass is 10.2. The second-order valence-corrected chi connectivity index (χ2v) is 5.00. The van der Waals surface area contributed by atoms with E-state index in [1.807, 2.05) is 0 Å². The van der Waals surface area contributed by atoms with E-state index in [1.165, 1.54) is 24.0 Å². The summed E-state index contributed by atoms with van der Waals surface area (Å²) in [7, 11) is 1.44. The molecule has 0 saturated carbocycles. The minimum absolute atomic E-state index is 0.490. The predicted octanol–water partition coefficient (Wildman–Crippen LogP) is 1.88. The van der Waals surface area contributed by atoms with Gasteiger partial charge in [-0.1, -0.05) is 0 Å². The predicted molar refractivity (Wildman–Crippen MR) is 58.5 cm³/mol. The molecule has 0 radical (unpaired) electrons. The zero-order chi connectivity index (χ0) is 10.8. The van der Waals surface area contributed by atoms with Crippen molar-refractivity contribution in [3.63, 3.8) is 0 Å². The highest BCUT2D eigenvalue weighted by molar-refractivity contribution is 7.12. The zero-order valence-corrected chi connectivity index (χ0v) is 9.47. The van der Waals surface area contributed by atoms with E-state index in [4.69, 9.17) is 9.84 Å². The Morgan fingerprint density at radius 1 is 1.67 bits per heavy atom. The molecule has 0 fully saturated rings. The van der Waals surface area contributed by atoms with Crippen LogP contribution in [0.1, 0.15) is 21.7 Å². The van der Waals surface area contributed by atoms with Crippen LogP contribution in [-0.2, 0) is 28.8 Å². The van der Waals surface area contributed by atoms with Crippen molar-refractivity contribution in [1.29, 1.82) is 0 Å². The summed E-state index contributed by atoms with van der Waals surface area (Å²) >= 11 is 1.74. The van der Waals surface area contributed by atoms with Gasteiger partial charge in [0.25, 0.3) is 0 Å². The Morgan fingerprint density at radius 2 is 2.47 bits per heavy atom. The smallest absolute Gasteiger partial charge is 0.333 e. The molecule has 1 aromatic heterocycles. The minimum Gasteiger partial charge on any atom is -0.479 e. The average Bonchev–Trinajstić information content (AvgIpc) is 2.72. The Bertz CT molecular complexity index is 348.